The summed E-state index contributed by atoms with van der Waals surface area (Å²) in [5, 5.41) is 15.1. The van der Waals surface area contributed by atoms with E-state index in [1.807, 2.05) is 0 Å². The van der Waals surface area contributed by atoms with Gasteiger partial charge in [0.15, 0.2) is 5.84 Å². The largest absolute Gasteiger partial charge is 0.390 e. The zero-order chi connectivity index (χ0) is 18.5. The third-order valence-electron chi connectivity index (χ3n) is 4.15. The Morgan fingerprint density at radius 3 is 2.88 bits per heavy atom. The zero-order valence-electron chi connectivity index (χ0n) is 13.5. The van der Waals surface area contributed by atoms with E-state index in [4.69, 9.17) is 9.57 Å². The molecule has 1 atom stereocenters. The van der Waals surface area contributed by atoms with Crippen LogP contribution in [0.5, 0.6) is 0 Å². The number of nitro groups is 1. The zero-order valence-corrected chi connectivity index (χ0v) is 15.1. The quantitative estimate of drug-likeness (QED) is 0.558. The van der Waals surface area contributed by atoms with Gasteiger partial charge in [-0.25, -0.2) is 0 Å². The number of Topliss-reactive ketones (excluding diaryl/α,β-unsaturated/α-hetero) is 1. The minimum atomic E-state index is -1.72. The Morgan fingerprint density at radius 1 is 1.35 bits per heavy atom. The Morgan fingerprint density at radius 2 is 2.15 bits per heavy atom. The predicted octanol–water partition coefficient (Wildman–Crippen LogP) is 3.44. The summed E-state index contributed by atoms with van der Waals surface area (Å²) in [6.07, 6.45) is 0. The average molecular weight is 418 g/mol. The van der Waals surface area contributed by atoms with Crippen LogP contribution in [0.2, 0.25) is 0 Å². The van der Waals surface area contributed by atoms with Gasteiger partial charge in [-0.1, -0.05) is 33.2 Å². The van der Waals surface area contributed by atoms with Crippen LogP contribution in [0, 0.1) is 10.1 Å². The molecule has 26 heavy (non-hydrogen) atoms. The third kappa shape index (κ3) is 2.24. The standard InChI is InChI=1S/C17H12BrN3O5/c1-2-25-17-15(22)13-9-11(18)6-7-14(13)20(17)16(19-26-17)10-4-3-5-12(8-10)21(23)24/h3-9H,2H2,1H3/t17-/m0/s1. The molecule has 2 aromatic carbocycles. The lowest BCUT2D eigenvalue weighted by atomic mass is 10.1. The molecule has 0 N–H and O–H groups in total. The van der Waals surface area contributed by atoms with Crippen molar-refractivity contribution in [1.29, 1.82) is 0 Å². The Hall–Kier alpha value is -2.78. The number of oxime groups is 1. The van der Waals surface area contributed by atoms with Gasteiger partial charge in [0.1, 0.15) is 0 Å². The summed E-state index contributed by atoms with van der Waals surface area (Å²) < 4.78 is 6.41. The molecule has 4 rings (SSSR count). The maximum atomic E-state index is 13.0. The molecule has 0 aliphatic carbocycles. The Kier molecular flexibility index (Phi) is 3.78. The molecule has 132 valence electrons. The molecule has 9 heteroatoms. The van der Waals surface area contributed by atoms with Crippen LogP contribution in [-0.2, 0) is 9.57 Å². The molecule has 0 amide bonds. The highest BCUT2D eigenvalue weighted by molar-refractivity contribution is 9.10. The molecule has 0 aromatic heterocycles. The summed E-state index contributed by atoms with van der Waals surface area (Å²) in [7, 11) is 0. The second-order valence-electron chi connectivity index (χ2n) is 5.65. The van der Waals surface area contributed by atoms with Gasteiger partial charge in [0.2, 0.25) is 0 Å². The number of rotatable bonds is 4. The number of carbonyl (C=O) groups is 1. The van der Waals surface area contributed by atoms with Gasteiger partial charge in [-0.2, -0.15) is 0 Å². The molecule has 8 nitrogen and oxygen atoms in total. The van der Waals surface area contributed by atoms with E-state index >= 15 is 0 Å². The number of anilines is 1. The Bertz CT molecular complexity index is 977. The number of nitro benzene ring substituents is 1. The minimum Gasteiger partial charge on any atom is -0.327 e. The van der Waals surface area contributed by atoms with Crippen LogP contribution in [0.3, 0.4) is 0 Å². The van der Waals surface area contributed by atoms with Crippen molar-refractivity contribution in [1.82, 2.24) is 0 Å². The number of ketones is 1. The Labute approximate surface area is 156 Å². The van der Waals surface area contributed by atoms with Crippen molar-refractivity contribution in [3.05, 3.63) is 68.2 Å². The van der Waals surface area contributed by atoms with E-state index in [0.29, 0.717) is 16.8 Å². The molecule has 0 spiro atoms. The normalized spacial score (nSPS) is 20.5. The molecule has 0 fully saturated rings. The topological polar surface area (TPSA) is 94.3 Å². The summed E-state index contributed by atoms with van der Waals surface area (Å²) >= 11 is 3.36. The molecule has 2 aliphatic heterocycles. The molecular weight excluding hydrogens is 406 g/mol. The van der Waals surface area contributed by atoms with Crippen molar-refractivity contribution < 1.29 is 19.3 Å². The van der Waals surface area contributed by atoms with Gasteiger partial charge in [0, 0.05) is 22.2 Å². The maximum Gasteiger partial charge on any atom is 0.390 e. The van der Waals surface area contributed by atoms with Crippen molar-refractivity contribution in [2.75, 3.05) is 11.5 Å². The second-order valence-corrected chi connectivity index (χ2v) is 6.57. The first-order valence-electron chi connectivity index (χ1n) is 7.77. The molecule has 2 heterocycles. The van der Waals surface area contributed by atoms with Gasteiger partial charge >= 0.3 is 5.91 Å². The van der Waals surface area contributed by atoms with Gasteiger partial charge in [0.25, 0.3) is 11.5 Å². The fourth-order valence-corrected chi connectivity index (χ4v) is 3.45. The molecule has 0 unspecified atom stereocenters. The SMILES string of the molecule is CCO[C@@]12ON=C(c3cccc([N+](=O)[O-])c3)N1c1ccc(Br)cc1C2=O. The van der Waals surface area contributed by atoms with Crippen LogP contribution in [0.15, 0.2) is 52.1 Å². The van der Waals surface area contributed by atoms with Crippen LogP contribution in [0.1, 0.15) is 22.8 Å². The van der Waals surface area contributed by atoms with E-state index in [-0.39, 0.29) is 23.9 Å². The minimum absolute atomic E-state index is 0.0827. The summed E-state index contributed by atoms with van der Waals surface area (Å²) in [5.74, 6) is -1.82. The van der Waals surface area contributed by atoms with Gasteiger partial charge in [-0.3, -0.25) is 19.8 Å². The van der Waals surface area contributed by atoms with Gasteiger partial charge < -0.3 is 9.57 Å². The molecule has 0 radical (unpaired) electrons. The van der Waals surface area contributed by atoms with E-state index in [0.717, 1.165) is 4.47 Å². The highest BCUT2D eigenvalue weighted by atomic mass is 79.9. The summed E-state index contributed by atoms with van der Waals surface area (Å²) in [6, 6.07) is 11.2. The molecule has 0 saturated carbocycles. The van der Waals surface area contributed by atoms with Gasteiger partial charge in [-0.05, 0) is 25.1 Å². The van der Waals surface area contributed by atoms with E-state index < -0.39 is 10.8 Å². The molecular formula is C17H12BrN3O5. The monoisotopic (exact) mass is 417 g/mol. The number of halogens is 1. The first-order valence-corrected chi connectivity index (χ1v) is 8.57. The number of hydrogen-bond acceptors (Lipinski definition) is 7. The molecule has 2 aromatic rings. The summed E-state index contributed by atoms with van der Waals surface area (Å²) in [5.41, 5.74) is 1.35. The number of nitrogens with zero attached hydrogens (tertiary/aromatic N) is 3. The first kappa shape index (κ1) is 16.7. The molecule has 0 saturated heterocycles. The smallest absolute Gasteiger partial charge is 0.327 e. The number of amidine groups is 1. The van der Waals surface area contributed by atoms with Crippen LogP contribution in [0.4, 0.5) is 11.4 Å². The fourth-order valence-electron chi connectivity index (χ4n) is 3.09. The molecule has 2 aliphatic rings. The van der Waals surface area contributed by atoms with E-state index in [2.05, 4.69) is 21.1 Å². The van der Waals surface area contributed by atoms with E-state index in [9.17, 15) is 14.9 Å². The first-order chi connectivity index (χ1) is 12.5. The number of ether oxygens (including phenoxy) is 1. The fraction of sp³-hybridized carbons (Fsp3) is 0.176. The van der Waals surface area contributed by atoms with Crippen molar-refractivity contribution in [3.8, 4) is 0 Å². The lowest BCUT2D eigenvalue weighted by molar-refractivity contribution is -0.384. The second kappa shape index (κ2) is 5.89. The van der Waals surface area contributed by atoms with Crippen molar-refractivity contribution >= 4 is 38.9 Å². The number of hydrogen-bond donors (Lipinski definition) is 0. The average Bonchev–Trinajstić information content (AvgIpc) is 3.11. The van der Waals surface area contributed by atoms with Crippen molar-refractivity contribution in [3.63, 3.8) is 0 Å². The van der Waals surface area contributed by atoms with Crippen molar-refractivity contribution in [2.24, 2.45) is 5.16 Å². The highest BCUT2D eigenvalue weighted by Gasteiger charge is 2.61. The molecule has 0 bridgehead atoms. The highest BCUT2D eigenvalue weighted by Crippen LogP contribution is 2.45. The Balaban J connectivity index is 1.87. The van der Waals surface area contributed by atoms with Gasteiger partial charge in [-0.15, -0.1) is 0 Å². The number of carbonyl (C=O) groups excluding carboxylic acids is 1. The number of fused-ring (bicyclic) bond motifs is 3. The van der Waals surface area contributed by atoms with Crippen LogP contribution >= 0.6 is 15.9 Å². The van der Waals surface area contributed by atoms with Crippen LogP contribution in [-0.4, -0.2) is 29.1 Å². The van der Waals surface area contributed by atoms with E-state index in [1.54, 1.807) is 42.2 Å². The van der Waals surface area contributed by atoms with Crippen molar-refractivity contribution in [2.45, 2.75) is 12.8 Å². The van der Waals surface area contributed by atoms with Crippen LogP contribution in [0.25, 0.3) is 0 Å². The number of non-ortho nitro benzene ring substituents is 1. The summed E-state index contributed by atoms with van der Waals surface area (Å²) in [6.45, 7) is 1.96. The summed E-state index contributed by atoms with van der Waals surface area (Å²) in [4.78, 5) is 30.6. The third-order valence-corrected chi connectivity index (χ3v) is 4.64. The van der Waals surface area contributed by atoms with Gasteiger partial charge in [0.05, 0.1) is 22.8 Å². The van der Waals surface area contributed by atoms with E-state index in [1.165, 1.54) is 12.1 Å². The van der Waals surface area contributed by atoms with Crippen LogP contribution < -0.4 is 4.90 Å². The number of benzene rings is 2. The lowest BCUT2D eigenvalue weighted by Gasteiger charge is -2.28. The maximum absolute atomic E-state index is 13.0. The lowest BCUT2D eigenvalue weighted by Crippen LogP contribution is -2.52. The predicted molar refractivity (Wildman–Crippen MR) is 96.0 cm³/mol.